The van der Waals surface area contributed by atoms with Crippen molar-refractivity contribution in [3.8, 4) is 11.4 Å². The van der Waals surface area contributed by atoms with E-state index in [1.165, 1.54) is 0 Å². The molecule has 3 heteroatoms. The van der Waals surface area contributed by atoms with E-state index >= 15 is 0 Å². The fourth-order valence-corrected chi connectivity index (χ4v) is 1.60. The second-order valence-electron chi connectivity index (χ2n) is 3.45. The highest BCUT2D eigenvalue weighted by Crippen LogP contribution is 2.16. The molecule has 0 atom stereocenters. The van der Waals surface area contributed by atoms with E-state index in [1.807, 2.05) is 30.6 Å². The molecule has 0 fully saturated rings. The Morgan fingerprint density at radius 2 is 2.00 bits per heavy atom. The van der Waals surface area contributed by atoms with Crippen molar-refractivity contribution in [1.82, 2.24) is 9.55 Å². The molecule has 0 spiro atoms. The Balaban J connectivity index is 2.25. The van der Waals surface area contributed by atoms with E-state index in [1.54, 1.807) is 0 Å². The van der Waals surface area contributed by atoms with Gasteiger partial charge in [0.2, 0.25) is 0 Å². The van der Waals surface area contributed by atoms with Gasteiger partial charge in [-0.25, -0.2) is 4.98 Å². The Bertz CT molecular complexity index is 406. The molecule has 0 saturated carbocycles. The van der Waals surface area contributed by atoms with E-state index in [2.05, 4.69) is 21.7 Å². The van der Waals surface area contributed by atoms with Crippen molar-refractivity contribution in [1.29, 1.82) is 0 Å². The molecule has 2 N–H and O–H groups in total. The van der Waals surface area contributed by atoms with Crippen LogP contribution in [0.15, 0.2) is 42.7 Å². The molecule has 2 aromatic rings. The lowest BCUT2D eigenvalue weighted by atomic mass is 10.2. The summed E-state index contributed by atoms with van der Waals surface area (Å²) < 4.78 is 2.14. The molecule has 0 bridgehead atoms. The summed E-state index contributed by atoms with van der Waals surface area (Å²) in [4.78, 5) is 4.36. The highest BCUT2D eigenvalue weighted by Gasteiger charge is 2.03. The van der Waals surface area contributed by atoms with Crippen LogP contribution in [0.1, 0.15) is 6.42 Å². The molecule has 0 aliphatic heterocycles. The number of hydrogen-bond donors (Lipinski definition) is 1. The summed E-state index contributed by atoms with van der Waals surface area (Å²) in [5.74, 6) is 1.02. The molecule has 78 valence electrons. The monoisotopic (exact) mass is 201 g/mol. The van der Waals surface area contributed by atoms with E-state index in [4.69, 9.17) is 5.73 Å². The van der Waals surface area contributed by atoms with E-state index < -0.39 is 0 Å². The lowest BCUT2D eigenvalue weighted by Gasteiger charge is -2.06. The van der Waals surface area contributed by atoms with Gasteiger partial charge in [0, 0.05) is 24.5 Å². The first kappa shape index (κ1) is 9.93. The summed E-state index contributed by atoms with van der Waals surface area (Å²) in [5, 5.41) is 0. The van der Waals surface area contributed by atoms with Crippen LogP contribution >= 0.6 is 0 Å². The quantitative estimate of drug-likeness (QED) is 0.821. The zero-order valence-corrected chi connectivity index (χ0v) is 8.63. The average molecular weight is 201 g/mol. The maximum Gasteiger partial charge on any atom is 0.139 e. The molecule has 1 aromatic carbocycles. The van der Waals surface area contributed by atoms with Crippen LogP contribution in [0.4, 0.5) is 0 Å². The molecule has 0 amide bonds. The summed E-state index contributed by atoms with van der Waals surface area (Å²) in [5.41, 5.74) is 6.65. The number of hydrogen-bond acceptors (Lipinski definition) is 2. The minimum Gasteiger partial charge on any atom is -0.331 e. The van der Waals surface area contributed by atoms with E-state index in [9.17, 15) is 0 Å². The molecule has 1 heterocycles. The second kappa shape index (κ2) is 4.75. The van der Waals surface area contributed by atoms with Gasteiger partial charge < -0.3 is 10.3 Å². The Morgan fingerprint density at radius 3 is 2.73 bits per heavy atom. The van der Waals surface area contributed by atoms with E-state index in [0.29, 0.717) is 6.54 Å². The van der Waals surface area contributed by atoms with Crippen LogP contribution in [0, 0.1) is 0 Å². The number of rotatable bonds is 4. The Labute approximate surface area is 89.6 Å². The Hall–Kier alpha value is -1.61. The highest BCUT2D eigenvalue weighted by atomic mass is 15.1. The summed E-state index contributed by atoms with van der Waals surface area (Å²) in [6.07, 6.45) is 4.81. The fraction of sp³-hybridized carbons (Fsp3) is 0.250. The van der Waals surface area contributed by atoms with Crippen molar-refractivity contribution in [2.45, 2.75) is 13.0 Å². The first-order chi connectivity index (χ1) is 7.42. The van der Waals surface area contributed by atoms with Gasteiger partial charge in [0.05, 0.1) is 0 Å². The number of aromatic nitrogens is 2. The van der Waals surface area contributed by atoms with Gasteiger partial charge in [0.1, 0.15) is 5.82 Å². The minimum absolute atomic E-state index is 0.715. The predicted molar refractivity (Wildman–Crippen MR) is 61.3 cm³/mol. The molecule has 0 aliphatic carbocycles. The SMILES string of the molecule is NCCCn1ccnc1-c1ccccc1. The summed E-state index contributed by atoms with van der Waals surface area (Å²) in [6, 6.07) is 10.2. The van der Waals surface area contributed by atoms with Crippen LogP contribution in [0.25, 0.3) is 11.4 Å². The lowest BCUT2D eigenvalue weighted by molar-refractivity contribution is 0.656. The highest BCUT2D eigenvalue weighted by molar-refractivity contribution is 5.54. The average Bonchev–Trinajstić information content (AvgIpc) is 2.75. The Morgan fingerprint density at radius 1 is 1.20 bits per heavy atom. The van der Waals surface area contributed by atoms with Crippen molar-refractivity contribution in [3.05, 3.63) is 42.7 Å². The summed E-state index contributed by atoms with van der Waals surface area (Å²) in [6.45, 7) is 1.65. The maximum absolute atomic E-state index is 5.50. The van der Waals surface area contributed by atoms with Gasteiger partial charge in [-0.05, 0) is 13.0 Å². The fourth-order valence-electron chi connectivity index (χ4n) is 1.60. The van der Waals surface area contributed by atoms with Gasteiger partial charge >= 0.3 is 0 Å². The predicted octanol–water partition coefficient (Wildman–Crippen LogP) is 1.90. The number of aryl methyl sites for hydroxylation is 1. The standard InChI is InChI=1S/C12H15N3/c13-7-4-9-15-10-8-14-12(15)11-5-2-1-3-6-11/h1-3,5-6,8,10H,4,7,9,13H2. The number of nitrogens with two attached hydrogens (primary N) is 1. The zero-order chi connectivity index (χ0) is 10.5. The van der Waals surface area contributed by atoms with Gasteiger partial charge in [-0.15, -0.1) is 0 Å². The van der Waals surface area contributed by atoms with Crippen LogP contribution in [-0.2, 0) is 6.54 Å². The van der Waals surface area contributed by atoms with Crippen molar-refractivity contribution in [2.24, 2.45) is 5.73 Å². The van der Waals surface area contributed by atoms with Gasteiger partial charge in [0.15, 0.2) is 0 Å². The van der Waals surface area contributed by atoms with Crippen molar-refractivity contribution in [2.75, 3.05) is 6.54 Å². The van der Waals surface area contributed by atoms with Crippen molar-refractivity contribution in [3.63, 3.8) is 0 Å². The number of nitrogens with zero attached hydrogens (tertiary/aromatic N) is 2. The third-order valence-electron chi connectivity index (χ3n) is 2.35. The largest absolute Gasteiger partial charge is 0.331 e. The summed E-state index contributed by atoms with van der Waals surface area (Å²) in [7, 11) is 0. The lowest BCUT2D eigenvalue weighted by Crippen LogP contribution is -2.06. The molecule has 0 unspecified atom stereocenters. The number of benzene rings is 1. The van der Waals surface area contributed by atoms with Crippen LogP contribution in [0.5, 0.6) is 0 Å². The van der Waals surface area contributed by atoms with Crippen LogP contribution in [-0.4, -0.2) is 16.1 Å². The molecular formula is C12H15N3. The second-order valence-corrected chi connectivity index (χ2v) is 3.45. The van der Waals surface area contributed by atoms with Crippen molar-refractivity contribution < 1.29 is 0 Å². The minimum atomic E-state index is 0.715. The van der Waals surface area contributed by atoms with Crippen LogP contribution < -0.4 is 5.73 Å². The third kappa shape index (κ3) is 2.25. The maximum atomic E-state index is 5.50. The normalized spacial score (nSPS) is 10.5. The van der Waals surface area contributed by atoms with Gasteiger partial charge in [-0.1, -0.05) is 30.3 Å². The van der Waals surface area contributed by atoms with E-state index in [0.717, 1.165) is 24.4 Å². The zero-order valence-electron chi connectivity index (χ0n) is 8.63. The molecule has 0 radical (unpaired) electrons. The van der Waals surface area contributed by atoms with Gasteiger partial charge in [-0.3, -0.25) is 0 Å². The molecule has 0 aliphatic rings. The number of imidazole rings is 1. The van der Waals surface area contributed by atoms with Gasteiger partial charge in [0.25, 0.3) is 0 Å². The van der Waals surface area contributed by atoms with Crippen LogP contribution in [0.2, 0.25) is 0 Å². The smallest absolute Gasteiger partial charge is 0.139 e. The first-order valence-electron chi connectivity index (χ1n) is 5.18. The molecule has 2 rings (SSSR count). The van der Waals surface area contributed by atoms with Gasteiger partial charge in [-0.2, -0.15) is 0 Å². The first-order valence-corrected chi connectivity index (χ1v) is 5.18. The van der Waals surface area contributed by atoms with Crippen molar-refractivity contribution >= 4 is 0 Å². The van der Waals surface area contributed by atoms with E-state index in [-0.39, 0.29) is 0 Å². The topological polar surface area (TPSA) is 43.8 Å². The van der Waals surface area contributed by atoms with Crippen LogP contribution in [0.3, 0.4) is 0 Å². The molecule has 0 saturated heterocycles. The Kier molecular flexibility index (Phi) is 3.15. The molecule has 1 aromatic heterocycles. The molecular weight excluding hydrogens is 186 g/mol. The molecule has 15 heavy (non-hydrogen) atoms. The third-order valence-corrected chi connectivity index (χ3v) is 2.35. The molecule has 3 nitrogen and oxygen atoms in total. The summed E-state index contributed by atoms with van der Waals surface area (Å²) >= 11 is 0.